The van der Waals surface area contributed by atoms with E-state index in [1.54, 1.807) is 0 Å². The predicted molar refractivity (Wildman–Crippen MR) is 15.4 cm³/mol. The quantitative estimate of drug-likeness (QED) is 0.465. The summed E-state index contributed by atoms with van der Waals surface area (Å²) in [5.74, 6) is 0. The zero-order valence-electron chi connectivity index (χ0n) is 2.29. The Balaban J connectivity index is 2.83. The average molecular weight is 158 g/mol. The normalized spacial score (nSPS) is 4.50. The molecular formula is C2H3ClMo. The van der Waals surface area contributed by atoms with Crippen molar-refractivity contribution in [2.24, 2.45) is 0 Å². The van der Waals surface area contributed by atoms with Gasteiger partial charge in [0.25, 0.3) is 0 Å². The first kappa shape index (κ1) is 4.76. The van der Waals surface area contributed by atoms with Gasteiger partial charge in [0.1, 0.15) is 0 Å². The molecule has 0 spiro atoms. The van der Waals surface area contributed by atoms with Gasteiger partial charge in [-0.2, -0.15) is 0 Å². The van der Waals surface area contributed by atoms with Crippen LogP contribution in [0.5, 0.6) is 0 Å². The van der Waals surface area contributed by atoms with E-state index in [1.807, 2.05) is 6.92 Å². The predicted octanol–water partition coefficient (Wildman–Crippen LogP) is 1.20. The zero-order chi connectivity index (χ0) is 3.41. The van der Waals surface area contributed by atoms with E-state index in [9.17, 15) is 0 Å². The van der Waals surface area contributed by atoms with Crippen LogP contribution < -0.4 is 0 Å². The fourth-order valence-electron chi connectivity index (χ4n) is 0. The van der Waals surface area contributed by atoms with Gasteiger partial charge in [0, 0.05) is 0 Å². The molecule has 0 aliphatic rings. The Kier molecular flexibility index (Phi) is 4.47. The van der Waals surface area contributed by atoms with Crippen LogP contribution in [0.2, 0.25) is 0 Å². The maximum atomic E-state index is 5.20. The van der Waals surface area contributed by atoms with Gasteiger partial charge in [0.2, 0.25) is 0 Å². The number of hydrogen-bond acceptors (Lipinski definition) is 0. The van der Waals surface area contributed by atoms with Gasteiger partial charge in [0.05, 0.1) is 0 Å². The van der Waals surface area contributed by atoms with Crippen LogP contribution in [0.4, 0.5) is 0 Å². The summed E-state index contributed by atoms with van der Waals surface area (Å²) < 4.78 is 2.83. The van der Waals surface area contributed by atoms with Gasteiger partial charge in [-0.1, -0.05) is 0 Å². The summed E-state index contributed by atoms with van der Waals surface area (Å²) in [6.45, 7) is 1.86. The number of halogens is 1. The topological polar surface area (TPSA) is 0 Å². The van der Waals surface area contributed by atoms with Gasteiger partial charge < -0.3 is 0 Å². The molecule has 0 aromatic carbocycles. The van der Waals surface area contributed by atoms with Crippen LogP contribution in [0.1, 0.15) is 6.92 Å². The molecule has 24 valence electrons. The van der Waals surface area contributed by atoms with Crippen molar-refractivity contribution in [1.29, 1.82) is 0 Å². The Bertz CT molecular complexity index is 42.8. The Labute approximate surface area is 37.7 Å². The molecule has 0 saturated heterocycles. The van der Waals surface area contributed by atoms with E-state index < -0.39 is 0 Å². The van der Waals surface area contributed by atoms with E-state index >= 15 is 0 Å². The minimum absolute atomic E-state index is 0.296. The molecule has 0 radical (unpaired) electrons. The van der Waals surface area contributed by atoms with Crippen molar-refractivity contribution in [3.8, 4) is 4.20 Å². The molecule has 0 saturated carbocycles. The fourth-order valence-corrected chi connectivity index (χ4v) is 0. The fraction of sp³-hybridized carbons (Fsp3) is 0.500. The van der Waals surface area contributed by atoms with Crippen LogP contribution in [-0.2, 0) is 16.9 Å². The van der Waals surface area contributed by atoms with Crippen molar-refractivity contribution >= 4 is 9.42 Å². The molecule has 0 nitrogen and oxygen atoms in total. The summed E-state index contributed by atoms with van der Waals surface area (Å²) in [5.41, 5.74) is 0. The molecule has 0 atom stereocenters. The molecule has 2 heteroatoms. The molecule has 0 bridgehead atoms. The Morgan fingerprint density at radius 2 is 2.25 bits per heavy atom. The molecule has 0 aliphatic heterocycles. The standard InChI is InChI=1S/C2H3.ClH.Mo/c1-2;;/h1H3;1H;/q;;+1/p-1. The second kappa shape index (κ2) is 3.76. The summed E-state index contributed by atoms with van der Waals surface area (Å²) >= 11 is -0.296. The van der Waals surface area contributed by atoms with E-state index in [4.69, 9.17) is 9.42 Å². The van der Waals surface area contributed by atoms with Gasteiger partial charge in [0.15, 0.2) is 0 Å². The third-order valence-corrected chi connectivity index (χ3v) is 1.37. The van der Waals surface area contributed by atoms with Gasteiger partial charge in [-0.05, 0) is 0 Å². The van der Waals surface area contributed by atoms with Crippen molar-refractivity contribution in [1.82, 2.24) is 0 Å². The van der Waals surface area contributed by atoms with Crippen LogP contribution in [0.25, 0.3) is 0 Å². The molecule has 0 amide bonds. The van der Waals surface area contributed by atoms with Crippen molar-refractivity contribution in [3.63, 3.8) is 0 Å². The summed E-state index contributed by atoms with van der Waals surface area (Å²) in [5, 5.41) is 0. The molecular weight excluding hydrogens is 155 g/mol. The van der Waals surface area contributed by atoms with Crippen molar-refractivity contribution in [3.05, 3.63) is 0 Å². The Morgan fingerprint density at radius 3 is 2.25 bits per heavy atom. The van der Waals surface area contributed by atoms with E-state index in [0.717, 1.165) is 0 Å². The second-order valence-electron chi connectivity index (χ2n) is 0.281. The molecule has 0 aliphatic carbocycles. The molecule has 0 aromatic heterocycles. The van der Waals surface area contributed by atoms with Gasteiger partial charge in [-0.25, -0.2) is 0 Å². The van der Waals surface area contributed by atoms with Crippen molar-refractivity contribution < 1.29 is 16.9 Å². The third kappa shape index (κ3) is 2.76. The maximum absolute atomic E-state index is 5.20. The van der Waals surface area contributed by atoms with Crippen LogP contribution in [-0.4, -0.2) is 0 Å². The molecule has 0 aromatic rings. The van der Waals surface area contributed by atoms with E-state index in [0.29, 0.717) is 0 Å². The van der Waals surface area contributed by atoms with E-state index in [1.165, 1.54) is 0 Å². The van der Waals surface area contributed by atoms with E-state index in [2.05, 4.69) is 4.20 Å². The molecule has 0 unspecified atom stereocenters. The van der Waals surface area contributed by atoms with Gasteiger partial charge in [-0.3, -0.25) is 0 Å². The Hall–Kier alpha value is 0.758. The average Bonchev–Trinajstić information content (AvgIpc) is 1.37. The summed E-state index contributed by atoms with van der Waals surface area (Å²) in [7, 11) is 5.20. The van der Waals surface area contributed by atoms with Crippen LogP contribution in [0.15, 0.2) is 0 Å². The first-order chi connectivity index (χ1) is 1.91. The summed E-state index contributed by atoms with van der Waals surface area (Å²) in [6.07, 6.45) is 0. The number of rotatable bonds is 0. The van der Waals surface area contributed by atoms with Crippen molar-refractivity contribution in [2.45, 2.75) is 6.92 Å². The summed E-state index contributed by atoms with van der Waals surface area (Å²) in [6, 6.07) is 0. The second-order valence-corrected chi connectivity index (χ2v) is 2.58. The SMILES string of the molecule is C[C]#[Mo][Cl]. The van der Waals surface area contributed by atoms with Crippen LogP contribution >= 0.6 is 9.42 Å². The molecule has 0 rings (SSSR count). The first-order valence-electron chi connectivity index (χ1n) is 0.858. The molecule has 4 heavy (non-hydrogen) atoms. The Morgan fingerprint density at radius 1 is 2.00 bits per heavy atom. The van der Waals surface area contributed by atoms with Gasteiger partial charge >= 0.3 is 37.4 Å². The minimum atomic E-state index is -0.296. The molecule has 0 N–H and O–H groups in total. The zero-order valence-corrected chi connectivity index (χ0v) is 5.05. The molecule has 0 fully saturated rings. The molecule has 0 heterocycles. The summed E-state index contributed by atoms with van der Waals surface area (Å²) in [4.78, 5) is 0. The monoisotopic (exact) mass is 160 g/mol. The first-order valence-corrected chi connectivity index (χ1v) is 4.45. The van der Waals surface area contributed by atoms with Gasteiger partial charge in [-0.15, -0.1) is 0 Å². The number of hydrogen-bond donors (Lipinski definition) is 0. The van der Waals surface area contributed by atoms with Crippen LogP contribution in [0, 0.1) is 4.20 Å². The third-order valence-electron chi connectivity index (χ3n) is 0.0772. The van der Waals surface area contributed by atoms with Crippen molar-refractivity contribution in [2.75, 3.05) is 0 Å². The van der Waals surface area contributed by atoms with E-state index in [-0.39, 0.29) is 16.9 Å². The van der Waals surface area contributed by atoms with Crippen LogP contribution in [0.3, 0.4) is 0 Å².